The Hall–Kier alpha value is -1.44. The Labute approximate surface area is 291 Å². The number of benzene rings is 1. The summed E-state index contributed by atoms with van der Waals surface area (Å²) in [4.78, 5) is 75.6. The maximum absolute atomic E-state index is 13.8. The fourth-order valence-electron chi connectivity index (χ4n) is 3.42. The van der Waals surface area contributed by atoms with Gasteiger partial charge in [0.25, 0.3) is 17.1 Å². The van der Waals surface area contributed by atoms with Crippen LogP contribution in [0.4, 0.5) is 5.69 Å². The van der Waals surface area contributed by atoms with Gasteiger partial charge in [0.2, 0.25) is 6.10 Å². The number of carbonyl (C=O) groups excluding carboxylic acids is 6. The monoisotopic (exact) mass is 968 g/mol. The normalized spacial score (nSPS) is 13.7. The van der Waals surface area contributed by atoms with Gasteiger partial charge in [-0.3, -0.25) is 28.8 Å². The van der Waals surface area contributed by atoms with Gasteiger partial charge in [-0.25, -0.2) is 0 Å². The van der Waals surface area contributed by atoms with E-state index < -0.39 is 92.3 Å². The van der Waals surface area contributed by atoms with Crippen LogP contribution < -0.4 is 5.32 Å². The van der Waals surface area contributed by atoms with Crippen molar-refractivity contribution in [2.24, 2.45) is 0 Å². The molecule has 2 amide bonds. The van der Waals surface area contributed by atoms with Crippen LogP contribution in [0.5, 0.6) is 0 Å². The predicted octanol–water partition coefficient (Wildman–Crippen LogP) is 0.393. The summed E-state index contributed by atoms with van der Waals surface area (Å²) in [6, 6.07) is 0. The summed E-state index contributed by atoms with van der Waals surface area (Å²) in [6.07, 6.45) is -6.31. The number of aliphatic hydroxyl groups is 4. The zero-order valence-corrected chi connectivity index (χ0v) is 30.0. The highest BCUT2D eigenvalue weighted by Gasteiger charge is 2.37. The molecule has 1 aromatic carbocycles. The second kappa shape index (κ2) is 18.5. The Balaban J connectivity index is 3.80. The standard InChI is InChI=1S/C24H28ClI3N2O13/c1-9(33)41-8-14(42-10(2)34)21(43-11(3)35)23(39)29-20-18(27)15(22(25)38)17(26)16(19(20)28)24(40)30(4-12(36)6-31)5-13(37)7-32/h12-14,21,31-32,36-37H,4-8H2,1-3H3,(H,29,39). The van der Waals surface area contributed by atoms with Crippen LogP contribution in [0.1, 0.15) is 41.5 Å². The van der Waals surface area contributed by atoms with Crippen LogP contribution >= 0.6 is 79.4 Å². The lowest BCUT2D eigenvalue weighted by Crippen LogP contribution is -2.46. The number of nitrogens with one attached hydrogen (secondary N) is 1. The van der Waals surface area contributed by atoms with Gasteiger partial charge in [-0.15, -0.1) is 0 Å². The van der Waals surface area contributed by atoms with Gasteiger partial charge < -0.3 is 44.9 Å². The van der Waals surface area contributed by atoms with E-state index in [1.807, 2.05) is 0 Å². The summed E-state index contributed by atoms with van der Waals surface area (Å²) in [7, 11) is 0. The van der Waals surface area contributed by atoms with Crippen molar-refractivity contribution in [1.29, 1.82) is 0 Å². The minimum absolute atomic E-state index is 0.0407. The van der Waals surface area contributed by atoms with E-state index in [1.165, 1.54) is 0 Å². The molecule has 15 nitrogen and oxygen atoms in total. The molecule has 0 radical (unpaired) electrons. The molecule has 0 saturated heterocycles. The van der Waals surface area contributed by atoms with Gasteiger partial charge in [0.1, 0.15) is 6.61 Å². The van der Waals surface area contributed by atoms with Crippen molar-refractivity contribution in [3.8, 4) is 0 Å². The second-order valence-electron chi connectivity index (χ2n) is 8.69. The first-order chi connectivity index (χ1) is 20.0. The lowest BCUT2D eigenvalue weighted by Gasteiger charge is -2.29. The van der Waals surface area contributed by atoms with Gasteiger partial charge >= 0.3 is 17.9 Å². The lowest BCUT2D eigenvalue weighted by molar-refractivity contribution is -0.175. The van der Waals surface area contributed by atoms with Gasteiger partial charge in [-0.05, 0) is 79.4 Å². The van der Waals surface area contributed by atoms with E-state index in [9.17, 15) is 49.2 Å². The molecule has 0 fully saturated rings. The lowest BCUT2D eigenvalue weighted by atomic mass is 10.1. The van der Waals surface area contributed by atoms with Crippen LogP contribution in [0.25, 0.3) is 0 Å². The Kier molecular flexibility index (Phi) is 17.0. The number of hydrogen-bond acceptors (Lipinski definition) is 13. The van der Waals surface area contributed by atoms with Gasteiger partial charge in [0.15, 0.2) is 6.10 Å². The summed E-state index contributed by atoms with van der Waals surface area (Å²) < 4.78 is 15.2. The summed E-state index contributed by atoms with van der Waals surface area (Å²) in [6.45, 7) is -0.0396. The fourth-order valence-corrected chi connectivity index (χ4v) is 8.32. The molecule has 19 heteroatoms. The molecule has 1 rings (SSSR count). The number of halogens is 4. The number of ether oxygens (including phenoxy) is 3. The summed E-state index contributed by atoms with van der Waals surface area (Å²) in [5.41, 5.74) is -0.542. The van der Waals surface area contributed by atoms with Crippen LogP contribution in [0.15, 0.2) is 0 Å². The number of aliphatic hydroxyl groups excluding tert-OH is 4. The van der Waals surface area contributed by atoms with E-state index in [4.69, 9.17) is 25.8 Å². The van der Waals surface area contributed by atoms with Crippen molar-refractivity contribution in [2.45, 2.75) is 45.2 Å². The largest absolute Gasteiger partial charge is 0.462 e. The van der Waals surface area contributed by atoms with Crippen LogP contribution in [0.3, 0.4) is 0 Å². The maximum atomic E-state index is 13.8. The van der Waals surface area contributed by atoms with E-state index in [-0.39, 0.29) is 27.5 Å². The average molecular weight is 969 g/mol. The molecular weight excluding hydrogens is 940 g/mol. The fraction of sp³-hybridized carbons (Fsp3) is 0.500. The Morgan fingerprint density at radius 1 is 0.814 bits per heavy atom. The van der Waals surface area contributed by atoms with Crippen molar-refractivity contribution in [3.63, 3.8) is 0 Å². The first-order valence-corrected chi connectivity index (χ1v) is 15.6. The number of hydrogen-bond donors (Lipinski definition) is 5. The highest BCUT2D eigenvalue weighted by atomic mass is 127. The summed E-state index contributed by atoms with van der Waals surface area (Å²) >= 11 is 10.9. The molecule has 43 heavy (non-hydrogen) atoms. The second-order valence-corrected chi connectivity index (χ2v) is 12.3. The minimum atomic E-state index is -1.86. The molecule has 240 valence electrons. The quantitative estimate of drug-likeness (QED) is 0.0696. The van der Waals surface area contributed by atoms with Crippen molar-refractivity contribution in [3.05, 3.63) is 21.8 Å². The molecule has 0 aromatic heterocycles. The zero-order chi connectivity index (χ0) is 33.2. The van der Waals surface area contributed by atoms with E-state index in [0.717, 1.165) is 25.7 Å². The van der Waals surface area contributed by atoms with E-state index in [2.05, 4.69) is 5.32 Å². The number of anilines is 1. The number of amides is 2. The topological polar surface area (TPSA) is 226 Å². The predicted molar refractivity (Wildman–Crippen MR) is 173 cm³/mol. The SMILES string of the molecule is CC(=O)OCC(OC(C)=O)C(OC(C)=O)C(=O)Nc1c(I)c(C(=O)Cl)c(I)c(C(=O)N(CC(O)CO)CC(O)CO)c1I. The molecule has 0 bridgehead atoms. The van der Waals surface area contributed by atoms with E-state index >= 15 is 0 Å². The van der Waals surface area contributed by atoms with Gasteiger partial charge in [-0.1, -0.05) is 0 Å². The molecule has 0 aliphatic rings. The third-order valence-electron chi connectivity index (χ3n) is 5.20. The highest BCUT2D eigenvalue weighted by molar-refractivity contribution is 14.1. The summed E-state index contributed by atoms with van der Waals surface area (Å²) in [5.74, 6) is -4.60. The molecule has 0 heterocycles. The Morgan fingerprint density at radius 3 is 1.72 bits per heavy atom. The Bertz CT molecular complexity index is 1240. The van der Waals surface area contributed by atoms with Crippen molar-refractivity contribution in [1.82, 2.24) is 4.90 Å². The Morgan fingerprint density at radius 2 is 1.30 bits per heavy atom. The number of carbonyl (C=O) groups is 6. The van der Waals surface area contributed by atoms with Crippen LogP contribution in [-0.4, -0.2) is 118 Å². The van der Waals surface area contributed by atoms with Crippen molar-refractivity contribution < 1.29 is 63.4 Å². The van der Waals surface area contributed by atoms with Crippen LogP contribution in [0, 0.1) is 10.7 Å². The molecule has 0 aliphatic heterocycles. The summed E-state index contributed by atoms with van der Waals surface area (Å²) in [5, 5.41) is 40.1. The van der Waals surface area contributed by atoms with E-state index in [0.29, 0.717) is 0 Å². The molecule has 4 unspecified atom stereocenters. The first kappa shape index (κ1) is 39.6. The van der Waals surface area contributed by atoms with Crippen LogP contribution in [0.2, 0.25) is 0 Å². The third-order valence-corrected chi connectivity index (χ3v) is 8.63. The van der Waals surface area contributed by atoms with Crippen molar-refractivity contribution in [2.75, 3.05) is 38.2 Å². The van der Waals surface area contributed by atoms with Gasteiger partial charge in [-0.2, -0.15) is 0 Å². The smallest absolute Gasteiger partial charge is 0.303 e. The number of rotatable bonds is 15. The van der Waals surface area contributed by atoms with Gasteiger partial charge in [0.05, 0.1) is 49.4 Å². The van der Waals surface area contributed by atoms with Crippen molar-refractivity contribution >= 4 is 120 Å². The zero-order valence-electron chi connectivity index (χ0n) is 22.8. The molecular formula is C24H28ClI3N2O13. The highest BCUT2D eigenvalue weighted by Crippen LogP contribution is 2.37. The minimum Gasteiger partial charge on any atom is -0.462 e. The van der Waals surface area contributed by atoms with Gasteiger partial charge in [0, 0.05) is 37.4 Å². The third kappa shape index (κ3) is 11.8. The molecule has 1 aromatic rings. The molecule has 0 aliphatic carbocycles. The van der Waals surface area contributed by atoms with E-state index in [1.54, 1.807) is 67.8 Å². The number of nitrogens with zero attached hydrogens (tertiary/aromatic N) is 1. The molecule has 4 atom stereocenters. The number of esters is 3. The maximum Gasteiger partial charge on any atom is 0.303 e. The van der Waals surface area contributed by atoms with Crippen LogP contribution in [-0.2, 0) is 33.4 Å². The molecule has 5 N–H and O–H groups in total. The molecule has 0 saturated carbocycles. The first-order valence-electron chi connectivity index (χ1n) is 12.0. The average Bonchev–Trinajstić information content (AvgIpc) is 2.90. The molecule has 0 spiro atoms.